The van der Waals surface area contributed by atoms with Gasteiger partial charge in [-0.05, 0) is 36.4 Å². The number of carboxylic acids is 1. The molecule has 2 aromatic carbocycles. The smallest absolute Gasteiger partial charge is 0.336 e. The van der Waals surface area contributed by atoms with E-state index in [-0.39, 0.29) is 22.6 Å². The maximum absolute atomic E-state index is 12.5. The fraction of sp³-hybridized carbons (Fsp3) is 0.125. The predicted octanol–water partition coefficient (Wildman–Crippen LogP) is 3.29. The van der Waals surface area contributed by atoms with E-state index in [1.807, 2.05) is 0 Å². The van der Waals surface area contributed by atoms with Crippen molar-refractivity contribution in [2.75, 3.05) is 14.2 Å². The van der Waals surface area contributed by atoms with Gasteiger partial charge in [-0.2, -0.15) is 0 Å². The Kier molecular flexibility index (Phi) is 4.68. The van der Waals surface area contributed by atoms with Crippen LogP contribution in [0.25, 0.3) is 0 Å². The first kappa shape index (κ1) is 15.9. The first-order valence-electron chi connectivity index (χ1n) is 6.27. The number of rotatable bonds is 5. The summed E-state index contributed by atoms with van der Waals surface area (Å²) in [5, 5.41) is 9.81. The maximum Gasteiger partial charge on any atom is 0.336 e. The number of hydrogen-bond donors (Lipinski definition) is 1. The molecule has 0 heterocycles. The molecule has 0 radical (unpaired) electrons. The van der Waals surface area contributed by atoms with Crippen molar-refractivity contribution in [3.63, 3.8) is 0 Å². The Morgan fingerprint density at radius 1 is 0.955 bits per heavy atom. The van der Waals surface area contributed by atoms with Crippen molar-refractivity contribution in [1.82, 2.24) is 0 Å². The van der Waals surface area contributed by atoms with Gasteiger partial charge >= 0.3 is 5.97 Å². The zero-order valence-electron chi connectivity index (χ0n) is 11.9. The highest BCUT2D eigenvalue weighted by Crippen LogP contribution is 2.31. The summed E-state index contributed by atoms with van der Waals surface area (Å²) in [5.41, 5.74) is 0.198. The number of ether oxygens (including phenoxy) is 2. The molecule has 5 nitrogen and oxygen atoms in total. The second kappa shape index (κ2) is 6.49. The summed E-state index contributed by atoms with van der Waals surface area (Å²) in [6, 6.07) is 8.83. The van der Waals surface area contributed by atoms with Crippen LogP contribution >= 0.6 is 11.6 Å². The third-order valence-electron chi connectivity index (χ3n) is 3.11. The lowest BCUT2D eigenvalue weighted by Gasteiger charge is -2.12. The van der Waals surface area contributed by atoms with Crippen LogP contribution in [0.3, 0.4) is 0 Å². The van der Waals surface area contributed by atoms with Crippen molar-refractivity contribution in [2.24, 2.45) is 0 Å². The van der Waals surface area contributed by atoms with Gasteiger partial charge in [0, 0.05) is 16.1 Å². The van der Waals surface area contributed by atoms with Gasteiger partial charge in [0.2, 0.25) is 0 Å². The Balaban J connectivity index is 2.59. The summed E-state index contributed by atoms with van der Waals surface area (Å²) in [7, 11) is 2.80. The van der Waals surface area contributed by atoms with Crippen molar-refractivity contribution in [3.8, 4) is 11.5 Å². The molecule has 0 aliphatic heterocycles. The highest BCUT2D eigenvalue weighted by molar-refractivity contribution is 6.30. The molecule has 6 heteroatoms. The first-order valence-corrected chi connectivity index (χ1v) is 6.65. The molecule has 0 amide bonds. The highest BCUT2D eigenvalue weighted by Gasteiger charge is 2.22. The van der Waals surface area contributed by atoms with Crippen LogP contribution in [0.4, 0.5) is 0 Å². The van der Waals surface area contributed by atoms with Crippen molar-refractivity contribution in [1.29, 1.82) is 0 Å². The molecule has 2 rings (SSSR count). The van der Waals surface area contributed by atoms with Crippen LogP contribution in [0, 0.1) is 0 Å². The molecule has 2 aromatic rings. The molecular formula is C16H13ClO5. The topological polar surface area (TPSA) is 72.8 Å². The zero-order valence-corrected chi connectivity index (χ0v) is 12.7. The van der Waals surface area contributed by atoms with Crippen LogP contribution in [0.5, 0.6) is 11.5 Å². The van der Waals surface area contributed by atoms with Crippen molar-refractivity contribution < 1.29 is 24.2 Å². The molecule has 1 N–H and O–H groups in total. The highest BCUT2D eigenvalue weighted by atomic mass is 35.5. The van der Waals surface area contributed by atoms with Crippen molar-refractivity contribution in [3.05, 3.63) is 58.1 Å². The number of ketones is 1. The van der Waals surface area contributed by atoms with Crippen molar-refractivity contribution >= 4 is 23.4 Å². The summed E-state index contributed by atoms with van der Waals surface area (Å²) < 4.78 is 10.2. The Labute approximate surface area is 132 Å². The third-order valence-corrected chi connectivity index (χ3v) is 3.36. The normalized spacial score (nSPS) is 10.1. The first-order chi connectivity index (χ1) is 10.5. The van der Waals surface area contributed by atoms with Gasteiger partial charge in [0.05, 0.1) is 19.8 Å². The molecule has 0 bridgehead atoms. The minimum absolute atomic E-state index is 0.0208. The molecule has 0 aliphatic rings. The zero-order chi connectivity index (χ0) is 16.3. The Morgan fingerprint density at radius 2 is 1.45 bits per heavy atom. The van der Waals surface area contributed by atoms with E-state index in [0.29, 0.717) is 10.6 Å². The van der Waals surface area contributed by atoms with E-state index in [1.165, 1.54) is 38.5 Å². The lowest BCUT2D eigenvalue weighted by Crippen LogP contribution is -2.11. The molecule has 0 saturated carbocycles. The molecule has 0 unspecified atom stereocenters. The Hall–Kier alpha value is -2.53. The summed E-state index contributed by atoms with van der Waals surface area (Å²) in [5.74, 6) is -1.13. The number of benzene rings is 2. The molecule has 22 heavy (non-hydrogen) atoms. The SMILES string of the molecule is COc1cc(C(=O)O)c(C(=O)c2ccc(Cl)cc2)cc1OC. The van der Waals surface area contributed by atoms with Gasteiger partial charge in [-0.15, -0.1) is 0 Å². The average Bonchev–Trinajstić information content (AvgIpc) is 2.53. The summed E-state index contributed by atoms with van der Waals surface area (Å²) in [6.07, 6.45) is 0. The van der Waals surface area contributed by atoms with Gasteiger partial charge in [-0.1, -0.05) is 11.6 Å². The van der Waals surface area contributed by atoms with E-state index in [1.54, 1.807) is 12.1 Å². The van der Waals surface area contributed by atoms with Gasteiger partial charge in [-0.25, -0.2) is 4.79 Å². The minimum atomic E-state index is -1.22. The third kappa shape index (κ3) is 3.04. The number of halogens is 1. The van der Waals surface area contributed by atoms with Crippen LogP contribution in [0.15, 0.2) is 36.4 Å². The fourth-order valence-electron chi connectivity index (χ4n) is 2.00. The number of aromatic carboxylic acids is 1. The molecular weight excluding hydrogens is 308 g/mol. The summed E-state index contributed by atoms with van der Waals surface area (Å²) >= 11 is 5.79. The van der Waals surface area contributed by atoms with Crippen LogP contribution in [-0.2, 0) is 0 Å². The molecule has 0 aromatic heterocycles. The largest absolute Gasteiger partial charge is 0.493 e. The maximum atomic E-state index is 12.5. The number of methoxy groups -OCH3 is 2. The monoisotopic (exact) mass is 320 g/mol. The van der Waals surface area contributed by atoms with E-state index < -0.39 is 11.8 Å². The lowest BCUT2D eigenvalue weighted by atomic mass is 9.97. The Bertz CT molecular complexity index is 722. The predicted molar refractivity (Wildman–Crippen MR) is 81.4 cm³/mol. The standard InChI is InChI=1S/C16H13ClO5/c1-21-13-7-11(12(16(19)20)8-14(13)22-2)15(18)9-3-5-10(17)6-4-9/h3-8H,1-2H3,(H,19,20). The molecule has 0 spiro atoms. The summed E-state index contributed by atoms with van der Waals surface area (Å²) in [4.78, 5) is 24.0. The molecule has 0 aliphatic carbocycles. The van der Waals surface area contributed by atoms with E-state index in [4.69, 9.17) is 21.1 Å². The Morgan fingerprint density at radius 3 is 1.91 bits per heavy atom. The van der Waals surface area contributed by atoms with Gasteiger partial charge in [-0.3, -0.25) is 4.79 Å². The van der Waals surface area contributed by atoms with Gasteiger partial charge in [0.15, 0.2) is 17.3 Å². The number of carboxylic acid groups (broad SMARTS) is 1. The van der Waals surface area contributed by atoms with Crippen LogP contribution in [0.2, 0.25) is 5.02 Å². The van der Waals surface area contributed by atoms with E-state index >= 15 is 0 Å². The summed E-state index contributed by atoms with van der Waals surface area (Å²) in [6.45, 7) is 0. The van der Waals surface area contributed by atoms with E-state index in [0.717, 1.165) is 0 Å². The number of carbonyl (C=O) groups excluding carboxylic acids is 1. The second-order valence-corrected chi connectivity index (χ2v) is 4.83. The van der Waals surface area contributed by atoms with Crippen molar-refractivity contribution in [2.45, 2.75) is 0 Å². The van der Waals surface area contributed by atoms with Gasteiger partial charge < -0.3 is 14.6 Å². The van der Waals surface area contributed by atoms with Gasteiger partial charge in [0.1, 0.15) is 0 Å². The van der Waals surface area contributed by atoms with Crippen LogP contribution in [-0.4, -0.2) is 31.1 Å². The molecule has 0 saturated heterocycles. The lowest BCUT2D eigenvalue weighted by molar-refractivity contribution is 0.0692. The van der Waals surface area contributed by atoms with Crippen LogP contribution in [0.1, 0.15) is 26.3 Å². The van der Waals surface area contributed by atoms with Crippen LogP contribution < -0.4 is 9.47 Å². The van der Waals surface area contributed by atoms with E-state index in [9.17, 15) is 14.7 Å². The molecule has 0 atom stereocenters. The minimum Gasteiger partial charge on any atom is -0.493 e. The number of hydrogen-bond acceptors (Lipinski definition) is 4. The number of carbonyl (C=O) groups is 2. The average molecular weight is 321 g/mol. The second-order valence-electron chi connectivity index (χ2n) is 4.39. The van der Waals surface area contributed by atoms with Gasteiger partial charge in [0.25, 0.3) is 0 Å². The quantitative estimate of drug-likeness (QED) is 0.856. The molecule has 0 fully saturated rings. The fourth-order valence-corrected chi connectivity index (χ4v) is 2.13. The van der Waals surface area contributed by atoms with E-state index in [2.05, 4.69) is 0 Å². The molecule has 114 valence electrons.